The van der Waals surface area contributed by atoms with Gasteiger partial charge in [-0.15, -0.1) is 0 Å². The summed E-state index contributed by atoms with van der Waals surface area (Å²) in [6.45, 7) is 1.02. The van der Waals surface area contributed by atoms with Crippen molar-refractivity contribution in [3.05, 3.63) is 0 Å². The van der Waals surface area contributed by atoms with Crippen molar-refractivity contribution < 1.29 is 5.11 Å². The van der Waals surface area contributed by atoms with Crippen LogP contribution in [0.15, 0.2) is 0 Å². The third-order valence-electron chi connectivity index (χ3n) is 1.71. The molecule has 1 aliphatic heterocycles. The molecule has 10 heavy (non-hydrogen) atoms. The summed E-state index contributed by atoms with van der Waals surface area (Å²) in [5, 5.41) is 11.8. The summed E-state index contributed by atoms with van der Waals surface area (Å²) in [5.41, 5.74) is 0. The zero-order valence-corrected chi connectivity index (χ0v) is 6.99. The lowest BCUT2D eigenvalue weighted by atomic mass is 10.2. The van der Waals surface area contributed by atoms with E-state index in [-0.39, 0.29) is 6.61 Å². The Bertz CT molecular complexity index is 83.7. The van der Waals surface area contributed by atoms with Gasteiger partial charge in [0.05, 0.1) is 6.61 Å². The summed E-state index contributed by atoms with van der Waals surface area (Å²) in [6, 6.07) is 0.658. The number of aliphatic hydroxyl groups excluding tert-OH is 1. The normalized spacial score (nSPS) is 26.7. The summed E-state index contributed by atoms with van der Waals surface area (Å²) in [4.78, 5) is 0. The van der Waals surface area contributed by atoms with Gasteiger partial charge >= 0.3 is 0 Å². The molecule has 1 atom stereocenters. The van der Waals surface area contributed by atoms with Gasteiger partial charge in [0.25, 0.3) is 0 Å². The van der Waals surface area contributed by atoms with Gasteiger partial charge in [0.2, 0.25) is 0 Å². The van der Waals surface area contributed by atoms with Crippen LogP contribution in [0.5, 0.6) is 0 Å². The van der Waals surface area contributed by atoms with E-state index >= 15 is 0 Å². The number of hydrogen-bond acceptors (Lipinski definition) is 3. The van der Waals surface area contributed by atoms with Gasteiger partial charge in [-0.2, -0.15) is 11.8 Å². The molecule has 0 aliphatic carbocycles. The quantitative estimate of drug-likeness (QED) is 0.631. The Hall–Kier alpha value is 0.270. The van der Waals surface area contributed by atoms with E-state index < -0.39 is 0 Å². The SMILES string of the molecule is OCCNC1CCCSC1. The van der Waals surface area contributed by atoms with Crippen LogP contribution >= 0.6 is 11.8 Å². The van der Waals surface area contributed by atoms with Crippen LogP contribution in [0.1, 0.15) is 12.8 Å². The molecule has 0 spiro atoms. The Labute approximate surface area is 66.4 Å². The summed E-state index contributed by atoms with van der Waals surface area (Å²) >= 11 is 2.01. The van der Waals surface area contributed by atoms with Crippen LogP contribution in [0.3, 0.4) is 0 Å². The fourth-order valence-electron chi connectivity index (χ4n) is 1.17. The molecule has 0 aromatic heterocycles. The van der Waals surface area contributed by atoms with E-state index in [0.29, 0.717) is 6.04 Å². The Morgan fingerprint density at radius 1 is 1.60 bits per heavy atom. The molecule has 2 nitrogen and oxygen atoms in total. The highest BCUT2D eigenvalue weighted by atomic mass is 32.2. The van der Waals surface area contributed by atoms with Crippen LogP contribution in [-0.4, -0.2) is 35.8 Å². The summed E-state index contributed by atoms with van der Waals surface area (Å²) in [7, 11) is 0. The zero-order chi connectivity index (χ0) is 7.23. The van der Waals surface area contributed by atoms with Gasteiger partial charge in [-0.1, -0.05) is 0 Å². The van der Waals surface area contributed by atoms with E-state index in [2.05, 4.69) is 5.32 Å². The highest BCUT2D eigenvalue weighted by Gasteiger charge is 2.11. The molecule has 60 valence electrons. The van der Waals surface area contributed by atoms with Crippen LogP contribution in [0.4, 0.5) is 0 Å². The Morgan fingerprint density at radius 2 is 2.50 bits per heavy atom. The maximum atomic E-state index is 8.53. The van der Waals surface area contributed by atoms with Crippen LogP contribution in [0.25, 0.3) is 0 Å². The maximum Gasteiger partial charge on any atom is 0.0556 e. The van der Waals surface area contributed by atoms with Gasteiger partial charge in [0.1, 0.15) is 0 Å². The predicted octanol–water partition coefficient (Wildman–Crippen LogP) is 0.464. The number of aliphatic hydroxyl groups is 1. The fourth-order valence-corrected chi connectivity index (χ4v) is 2.28. The van der Waals surface area contributed by atoms with Gasteiger partial charge in [-0.25, -0.2) is 0 Å². The van der Waals surface area contributed by atoms with Crippen LogP contribution in [-0.2, 0) is 0 Å². The standard InChI is InChI=1S/C7H15NOS/c9-4-3-8-7-2-1-5-10-6-7/h7-9H,1-6H2. The minimum atomic E-state index is 0.265. The first-order chi connectivity index (χ1) is 4.93. The highest BCUT2D eigenvalue weighted by Crippen LogP contribution is 2.16. The van der Waals surface area contributed by atoms with E-state index in [1.807, 2.05) is 11.8 Å². The topological polar surface area (TPSA) is 32.3 Å². The number of nitrogens with one attached hydrogen (secondary N) is 1. The molecule has 1 aliphatic rings. The highest BCUT2D eigenvalue weighted by molar-refractivity contribution is 7.99. The first-order valence-electron chi connectivity index (χ1n) is 3.85. The average Bonchev–Trinajstić information content (AvgIpc) is 2.03. The third kappa shape index (κ3) is 2.90. The zero-order valence-electron chi connectivity index (χ0n) is 6.18. The van der Waals surface area contributed by atoms with Crippen LogP contribution < -0.4 is 5.32 Å². The summed E-state index contributed by atoms with van der Waals surface area (Å²) in [5.74, 6) is 2.54. The van der Waals surface area contributed by atoms with Gasteiger partial charge in [0, 0.05) is 18.3 Å². The van der Waals surface area contributed by atoms with Crippen molar-refractivity contribution in [2.24, 2.45) is 0 Å². The lowest BCUT2D eigenvalue weighted by Crippen LogP contribution is -2.35. The molecule has 1 rings (SSSR count). The summed E-state index contributed by atoms with van der Waals surface area (Å²) in [6.07, 6.45) is 2.61. The molecule has 0 amide bonds. The second-order valence-electron chi connectivity index (χ2n) is 2.59. The average molecular weight is 161 g/mol. The number of thioether (sulfide) groups is 1. The van der Waals surface area contributed by atoms with Crippen molar-refractivity contribution in [3.8, 4) is 0 Å². The summed E-state index contributed by atoms with van der Waals surface area (Å²) < 4.78 is 0. The molecular formula is C7H15NOS. The second-order valence-corrected chi connectivity index (χ2v) is 3.74. The lowest BCUT2D eigenvalue weighted by molar-refractivity contribution is 0.284. The molecule has 1 heterocycles. The molecule has 3 heteroatoms. The Balaban J connectivity index is 2.02. The van der Waals surface area contributed by atoms with Crippen molar-refractivity contribution in [2.75, 3.05) is 24.7 Å². The Kier molecular flexibility index (Phi) is 4.18. The number of rotatable bonds is 3. The maximum absolute atomic E-state index is 8.53. The molecule has 1 unspecified atom stereocenters. The molecule has 1 saturated heterocycles. The monoisotopic (exact) mass is 161 g/mol. The first kappa shape index (κ1) is 8.37. The third-order valence-corrected chi connectivity index (χ3v) is 2.92. The van der Waals surface area contributed by atoms with Gasteiger partial charge in [-0.3, -0.25) is 0 Å². The molecule has 0 saturated carbocycles. The van der Waals surface area contributed by atoms with E-state index in [1.165, 1.54) is 24.3 Å². The first-order valence-corrected chi connectivity index (χ1v) is 5.01. The minimum Gasteiger partial charge on any atom is -0.395 e. The lowest BCUT2D eigenvalue weighted by Gasteiger charge is -2.21. The molecular weight excluding hydrogens is 146 g/mol. The van der Waals surface area contributed by atoms with E-state index in [1.54, 1.807) is 0 Å². The van der Waals surface area contributed by atoms with Crippen LogP contribution in [0.2, 0.25) is 0 Å². The van der Waals surface area contributed by atoms with Crippen molar-refractivity contribution in [1.29, 1.82) is 0 Å². The van der Waals surface area contributed by atoms with Gasteiger partial charge in [0.15, 0.2) is 0 Å². The van der Waals surface area contributed by atoms with E-state index in [9.17, 15) is 0 Å². The fraction of sp³-hybridized carbons (Fsp3) is 1.00. The second kappa shape index (κ2) is 4.99. The number of hydrogen-bond donors (Lipinski definition) is 2. The molecule has 2 N–H and O–H groups in total. The molecule has 1 fully saturated rings. The van der Waals surface area contributed by atoms with E-state index in [4.69, 9.17) is 5.11 Å². The van der Waals surface area contributed by atoms with Crippen molar-refractivity contribution in [1.82, 2.24) is 5.32 Å². The Morgan fingerprint density at radius 3 is 3.10 bits per heavy atom. The molecule has 0 aromatic rings. The van der Waals surface area contributed by atoms with Crippen molar-refractivity contribution in [3.63, 3.8) is 0 Å². The van der Waals surface area contributed by atoms with Gasteiger partial charge in [-0.05, 0) is 18.6 Å². The van der Waals surface area contributed by atoms with E-state index in [0.717, 1.165) is 6.54 Å². The van der Waals surface area contributed by atoms with Crippen molar-refractivity contribution in [2.45, 2.75) is 18.9 Å². The van der Waals surface area contributed by atoms with Crippen molar-refractivity contribution >= 4 is 11.8 Å². The van der Waals surface area contributed by atoms with Gasteiger partial charge < -0.3 is 10.4 Å². The molecule has 0 bridgehead atoms. The minimum absolute atomic E-state index is 0.265. The smallest absolute Gasteiger partial charge is 0.0556 e. The predicted molar refractivity (Wildman–Crippen MR) is 45.4 cm³/mol. The largest absolute Gasteiger partial charge is 0.395 e. The molecule has 0 radical (unpaired) electrons. The molecule has 0 aromatic carbocycles. The van der Waals surface area contributed by atoms with Crippen LogP contribution in [0, 0.1) is 0 Å².